The molecule has 176 valence electrons. The number of nitrogens with one attached hydrogen (secondary N) is 1. The van der Waals surface area contributed by atoms with Crippen molar-refractivity contribution in [3.8, 4) is 17.2 Å². The molecule has 35 heavy (non-hydrogen) atoms. The Bertz CT molecular complexity index is 1630. The maximum absolute atomic E-state index is 13.5. The van der Waals surface area contributed by atoms with Gasteiger partial charge in [0.2, 0.25) is 5.95 Å². The summed E-state index contributed by atoms with van der Waals surface area (Å²) in [7, 11) is 1.86. The molecule has 1 atom stereocenters. The third-order valence-electron chi connectivity index (χ3n) is 5.97. The number of ether oxygens (including phenoxy) is 2. The van der Waals surface area contributed by atoms with Gasteiger partial charge in [-0.25, -0.2) is 4.98 Å². The topological polar surface area (TPSA) is 150 Å². The zero-order valence-corrected chi connectivity index (χ0v) is 18.8. The molecule has 11 heteroatoms. The Labute approximate surface area is 198 Å². The molecule has 0 saturated carbocycles. The van der Waals surface area contributed by atoms with E-state index in [0.717, 1.165) is 0 Å². The van der Waals surface area contributed by atoms with E-state index in [2.05, 4.69) is 15.2 Å². The quantitative estimate of drug-likeness (QED) is 0.335. The van der Waals surface area contributed by atoms with Crippen LogP contribution in [0.4, 0.5) is 17.5 Å². The lowest BCUT2D eigenvalue weighted by Gasteiger charge is -2.29. The molecule has 0 aliphatic carbocycles. The van der Waals surface area contributed by atoms with Crippen LogP contribution in [0.1, 0.15) is 0 Å². The summed E-state index contributed by atoms with van der Waals surface area (Å²) in [5.74, 6) is 1.83. The highest BCUT2D eigenvalue weighted by Crippen LogP contribution is 2.33. The molecule has 0 radical (unpaired) electrons. The Morgan fingerprint density at radius 1 is 1.17 bits per heavy atom. The van der Waals surface area contributed by atoms with Gasteiger partial charge in [0.05, 0.1) is 23.1 Å². The molecule has 0 saturated heterocycles. The van der Waals surface area contributed by atoms with E-state index in [9.17, 15) is 4.79 Å². The van der Waals surface area contributed by atoms with Gasteiger partial charge in [-0.05, 0) is 24.3 Å². The lowest BCUT2D eigenvalue weighted by atomic mass is 10.2. The lowest BCUT2D eigenvalue weighted by molar-refractivity contribution is 0.0959. The number of fused-ring (bicyclic) bond motifs is 4. The van der Waals surface area contributed by atoms with Gasteiger partial charge in [0.25, 0.3) is 5.56 Å². The van der Waals surface area contributed by atoms with Crippen molar-refractivity contribution in [1.29, 1.82) is 0 Å². The zero-order chi connectivity index (χ0) is 24.1. The summed E-state index contributed by atoms with van der Waals surface area (Å²) in [6, 6.07) is 14.6. The summed E-state index contributed by atoms with van der Waals surface area (Å²) in [5.41, 5.74) is 13.7. The zero-order valence-electron chi connectivity index (χ0n) is 18.8. The highest BCUT2D eigenvalue weighted by Gasteiger charge is 2.24. The Kier molecular flexibility index (Phi) is 4.69. The summed E-state index contributed by atoms with van der Waals surface area (Å²) >= 11 is 0. The summed E-state index contributed by atoms with van der Waals surface area (Å²) in [6.45, 7) is 0.821. The summed E-state index contributed by atoms with van der Waals surface area (Å²) < 4.78 is 13.4. The molecule has 2 aromatic carbocycles. The smallest absolute Gasteiger partial charge is 0.270 e. The molecule has 0 bridgehead atoms. The number of H-pyrrole nitrogens is 1. The molecular formula is C24H22N8O3. The van der Waals surface area contributed by atoms with Crippen LogP contribution in [0.5, 0.6) is 11.5 Å². The number of likely N-dealkylation sites (N-methyl/N-ethyl adjacent to an activating group) is 1. The Morgan fingerprint density at radius 2 is 2.00 bits per heavy atom. The van der Waals surface area contributed by atoms with Crippen LogP contribution in [0.3, 0.4) is 0 Å². The largest absolute Gasteiger partial charge is 0.486 e. The molecule has 6 rings (SSSR count). The normalized spacial score (nSPS) is 14.9. The fourth-order valence-corrected chi connectivity index (χ4v) is 4.29. The molecule has 4 heterocycles. The molecular weight excluding hydrogens is 448 g/mol. The first kappa shape index (κ1) is 20.8. The van der Waals surface area contributed by atoms with Gasteiger partial charge >= 0.3 is 0 Å². The molecule has 1 aliphatic heterocycles. The molecule has 0 unspecified atom stereocenters. The van der Waals surface area contributed by atoms with Gasteiger partial charge in [-0.15, -0.1) is 0 Å². The Morgan fingerprint density at radius 3 is 2.83 bits per heavy atom. The molecule has 0 fully saturated rings. The van der Waals surface area contributed by atoms with Gasteiger partial charge in [-0.1, -0.05) is 18.2 Å². The van der Waals surface area contributed by atoms with Crippen LogP contribution in [0, 0.1) is 0 Å². The van der Waals surface area contributed by atoms with Gasteiger partial charge in [-0.3, -0.25) is 14.5 Å². The fourth-order valence-electron chi connectivity index (χ4n) is 4.29. The standard InChI is InChI=1S/C24H22N8O3/c1-31(11-15-12-34-18-9-13(25)7-8-17(18)35-15)24-27-10-16-20-19(21(26)30-29-20)23(33)32(22(16)28-24)14-5-3-2-4-6-14/h2-10,15H,11-12,25H2,1H3,(H3,26,29,30)/t15-/m0/s1. The van der Waals surface area contributed by atoms with Gasteiger partial charge in [0.1, 0.15) is 12.0 Å². The number of benzene rings is 2. The van der Waals surface area contributed by atoms with Gasteiger partial charge < -0.3 is 25.8 Å². The van der Waals surface area contributed by atoms with Crippen LogP contribution < -0.4 is 31.4 Å². The maximum atomic E-state index is 13.5. The highest BCUT2D eigenvalue weighted by atomic mass is 16.6. The minimum absolute atomic E-state index is 0.134. The van der Waals surface area contributed by atoms with E-state index in [1.165, 1.54) is 4.57 Å². The predicted molar refractivity (Wildman–Crippen MR) is 133 cm³/mol. The monoisotopic (exact) mass is 470 g/mol. The number of hydrogen-bond acceptors (Lipinski definition) is 9. The number of aromatic amines is 1. The van der Waals surface area contributed by atoms with Crippen molar-refractivity contribution in [2.24, 2.45) is 0 Å². The number of nitrogen functional groups attached to an aromatic ring is 2. The number of rotatable bonds is 4. The number of hydrogen-bond donors (Lipinski definition) is 3. The molecule has 5 N–H and O–H groups in total. The molecule has 3 aromatic heterocycles. The molecule has 5 aromatic rings. The van der Waals surface area contributed by atoms with Crippen LogP contribution in [-0.2, 0) is 0 Å². The lowest BCUT2D eigenvalue weighted by Crippen LogP contribution is -2.40. The number of para-hydroxylation sites is 1. The first-order chi connectivity index (χ1) is 17.0. The number of nitrogens with two attached hydrogens (primary N) is 2. The number of anilines is 3. The van der Waals surface area contributed by atoms with Crippen LogP contribution >= 0.6 is 0 Å². The molecule has 1 aliphatic rings. The van der Waals surface area contributed by atoms with Crippen LogP contribution in [0.15, 0.2) is 59.5 Å². The first-order valence-electron chi connectivity index (χ1n) is 11.0. The Hall–Kier alpha value is -4.80. The average molecular weight is 470 g/mol. The second-order valence-electron chi connectivity index (χ2n) is 8.38. The molecule has 0 spiro atoms. The van der Waals surface area contributed by atoms with E-state index >= 15 is 0 Å². The van der Waals surface area contributed by atoms with Crippen molar-refractivity contribution >= 4 is 39.4 Å². The van der Waals surface area contributed by atoms with Crippen LogP contribution in [0.25, 0.3) is 27.6 Å². The van der Waals surface area contributed by atoms with Crippen molar-refractivity contribution < 1.29 is 9.47 Å². The number of pyridine rings is 1. The van der Waals surface area contributed by atoms with Gasteiger partial charge in [0, 0.05) is 25.0 Å². The highest BCUT2D eigenvalue weighted by molar-refractivity contribution is 6.05. The minimum Gasteiger partial charge on any atom is -0.486 e. The van der Waals surface area contributed by atoms with Gasteiger partial charge in [0.15, 0.2) is 29.1 Å². The van der Waals surface area contributed by atoms with Gasteiger partial charge in [-0.2, -0.15) is 10.1 Å². The van der Waals surface area contributed by atoms with E-state index in [0.29, 0.717) is 63.9 Å². The van der Waals surface area contributed by atoms with E-state index < -0.39 is 0 Å². The van der Waals surface area contributed by atoms with E-state index in [1.54, 1.807) is 24.4 Å². The summed E-state index contributed by atoms with van der Waals surface area (Å²) in [6.07, 6.45) is 1.42. The second-order valence-corrected chi connectivity index (χ2v) is 8.38. The molecule has 11 nitrogen and oxygen atoms in total. The first-order valence-corrected chi connectivity index (χ1v) is 11.0. The van der Waals surface area contributed by atoms with Crippen molar-refractivity contribution in [2.45, 2.75) is 6.10 Å². The number of nitrogens with zero attached hydrogens (tertiary/aromatic N) is 5. The van der Waals surface area contributed by atoms with Crippen LogP contribution in [0.2, 0.25) is 0 Å². The molecule has 0 amide bonds. The predicted octanol–water partition coefficient (Wildman–Crippen LogP) is 2.10. The third-order valence-corrected chi connectivity index (χ3v) is 5.97. The number of aromatic nitrogens is 5. The van der Waals surface area contributed by atoms with E-state index in [4.69, 9.17) is 25.9 Å². The SMILES string of the molecule is CN(C[C@H]1COc2cc(N)ccc2O1)c1ncc2c3[nH]nc(N)c3c(=O)n(-c3ccccc3)c2n1. The van der Waals surface area contributed by atoms with Crippen LogP contribution in [-0.4, -0.2) is 51.0 Å². The second kappa shape index (κ2) is 7.90. The minimum atomic E-state index is -0.308. The fraction of sp³-hybridized carbons (Fsp3) is 0.167. The average Bonchev–Trinajstić information content (AvgIpc) is 3.26. The van der Waals surface area contributed by atoms with Crippen molar-refractivity contribution in [3.63, 3.8) is 0 Å². The van der Waals surface area contributed by atoms with Crippen molar-refractivity contribution in [2.75, 3.05) is 36.6 Å². The van der Waals surface area contributed by atoms with E-state index in [1.807, 2.05) is 42.3 Å². The van der Waals surface area contributed by atoms with E-state index in [-0.39, 0.29) is 17.5 Å². The summed E-state index contributed by atoms with van der Waals surface area (Å²) in [4.78, 5) is 24.6. The van der Waals surface area contributed by atoms with Crippen molar-refractivity contribution in [1.82, 2.24) is 24.7 Å². The van der Waals surface area contributed by atoms with Crippen molar-refractivity contribution in [3.05, 3.63) is 65.1 Å². The summed E-state index contributed by atoms with van der Waals surface area (Å²) in [5, 5.41) is 7.82. The third kappa shape index (κ3) is 3.44. The Balaban J connectivity index is 1.40. The maximum Gasteiger partial charge on any atom is 0.270 e.